The highest BCUT2D eigenvalue weighted by molar-refractivity contribution is 8.76. The third kappa shape index (κ3) is 20.4. The second kappa shape index (κ2) is 30.8. The first-order valence-electron chi connectivity index (χ1n) is 24.1. The number of carbonyl (C=O) groups excluding carboxylic acids is 10. The van der Waals surface area contributed by atoms with Crippen LogP contribution in [0, 0.1) is 0 Å². The monoisotopic (exact) mass is 1070 g/mol. The molecule has 0 saturated carbocycles. The second-order valence-corrected chi connectivity index (χ2v) is 20.2. The zero-order valence-corrected chi connectivity index (χ0v) is 42.5. The van der Waals surface area contributed by atoms with E-state index in [-0.39, 0.29) is 87.8 Å². The van der Waals surface area contributed by atoms with Crippen LogP contribution in [0.2, 0.25) is 0 Å². The van der Waals surface area contributed by atoms with E-state index in [4.69, 9.17) is 28.7 Å². The van der Waals surface area contributed by atoms with Crippen LogP contribution in [0.15, 0.2) is 59.6 Å². The highest BCUT2D eigenvalue weighted by Gasteiger charge is 2.40. The second-order valence-electron chi connectivity index (χ2n) is 17.6. The summed E-state index contributed by atoms with van der Waals surface area (Å²) in [7, 11) is 2.25. The molecule has 0 aromatic heterocycles. The number of aromatic hydroxyl groups is 1. The lowest BCUT2D eigenvalue weighted by Gasteiger charge is -2.31. The molecule has 0 bridgehead atoms. The first-order valence-corrected chi connectivity index (χ1v) is 26.6. The lowest BCUT2D eigenvalue weighted by molar-refractivity contribution is -0.142. The summed E-state index contributed by atoms with van der Waals surface area (Å²) in [4.78, 5) is 141. The summed E-state index contributed by atoms with van der Waals surface area (Å²) in [5, 5.41) is 28.3. The van der Waals surface area contributed by atoms with Gasteiger partial charge in [0.25, 0.3) is 0 Å². The highest BCUT2D eigenvalue weighted by atomic mass is 33.1. The molecule has 18 N–H and O–H groups in total. The Hall–Kier alpha value is -7.13. The number of unbranched alkanes of at least 4 members (excludes halogenated alkanes) is 1. The molecular weight excluding hydrogens is 1000 g/mol. The van der Waals surface area contributed by atoms with Gasteiger partial charge in [-0.15, -0.1) is 0 Å². The van der Waals surface area contributed by atoms with Crippen LogP contribution >= 0.6 is 21.6 Å². The molecule has 0 unspecified atom stereocenters. The van der Waals surface area contributed by atoms with E-state index in [1.807, 2.05) is 0 Å². The molecule has 0 aliphatic carbocycles. The third-order valence-electron chi connectivity index (χ3n) is 11.8. The van der Waals surface area contributed by atoms with Crippen molar-refractivity contribution in [1.29, 1.82) is 0 Å². The maximum Gasteiger partial charge on any atom is 0.246 e. The molecule has 74 heavy (non-hydrogen) atoms. The van der Waals surface area contributed by atoms with E-state index in [1.165, 1.54) is 17.0 Å². The third-order valence-corrected chi connectivity index (χ3v) is 14.2. The molecule has 2 aliphatic heterocycles. The molecule has 0 radical (unpaired) electrons. The van der Waals surface area contributed by atoms with Crippen LogP contribution in [0.4, 0.5) is 0 Å². The Kier molecular flexibility index (Phi) is 24.7. The molecule has 2 saturated heterocycles. The Bertz CT molecular complexity index is 2310. The summed E-state index contributed by atoms with van der Waals surface area (Å²) in [5.41, 5.74) is 28.6. The maximum absolute atomic E-state index is 14.6. The van der Waals surface area contributed by atoms with Crippen LogP contribution in [0.25, 0.3) is 0 Å². The first kappa shape index (κ1) is 59.4. The number of phenolic OH excluding ortho intramolecular Hbond substituents is 1. The zero-order chi connectivity index (χ0) is 54.2. The summed E-state index contributed by atoms with van der Waals surface area (Å²) in [6.07, 6.45) is 0.605. The Morgan fingerprint density at radius 3 is 2.01 bits per heavy atom. The number of nitrogens with two attached hydrogens (primary N) is 5. The number of likely N-dealkylation sites (tertiary alicyclic amines) is 1. The van der Waals surface area contributed by atoms with Gasteiger partial charge in [-0.1, -0.05) is 64.1 Å². The lowest BCUT2D eigenvalue weighted by atomic mass is 10.0. The number of guanidine groups is 1. The minimum absolute atomic E-state index is 0.00252. The van der Waals surface area contributed by atoms with Gasteiger partial charge >= 0.3 is 0 Å². The van der Waals surface area contributed by atoms with Crippen LogP contribution < -0.4 is 65.9 Å². The summed E-state index contributed by atoms with van der Waals surface area (Å²) in [5.74, 6) is -8.15. The van der Waals surface area contributed by atoms with Crippen molar-refractivity contribution in [2.75, 3.05) is 37.7 Å². The molecule has 0 spiro atoms. The van der Waals surface area contributed by atoms with Gasteiger partial charge in [0.05, 0.1) is 13.0 Å². The van der Waals surface area contributed by atoms with Crippen LogP contribution in [-0.2, 0) is 60.8 Å². The number of hydrogen-bond donors (Lipinski definition) is 13. The summed E-state index contributed by atoms with van der Waals surface area (Å²) < 4.78 is 0. The van der Waals surface area contributed by atoms with E-state index >= 15 is 0 Å². The van der Waals surface area contributed by atoms with Crippen molar-refractivity contribution in [2.45, 2.75) is 113 Å². The predicted molar refractivity (Wildman–Crippen MR) is 277 cm³/mol. The number of amides is 10. The molecule has 2 heterocycles. The Morgan fingerprint density at radius 1 is 0.743 bits per heavy atom. The number of benzene rings is 2. The number of primary amides is 2. The van der Waals surface area contributed by atoms with Crippen LogP contribution in [-0.4, -0.2) is 155 Å². The number of phenols is 1. The first-order chi connectivity index (χ1) is 35.3. The summed E-state index contributed by atoms with van der Waals surface area (Å²) in [6.45, 7) is -0.0967. The fourth-order valence-electron chi connectivity index (χ4n) is 7.99. The number of carbonyl (C=O) groups is 10. The molecule has 2 aromatic carbocycles. The van der Waals surface area contributed by atoms with E-state index in [2.05, 4.69) is 42.2 Å². The lowest BCUT2D eigenvalue weighted by Crippen LogP contribution is -2.61. The molecule has 7 atom stereocenters. The standard InChI is InChI=1S/C47H68N14O11S2/c48-18-5-4-10-31-41(67)59-34(24-37(49)63)44(70)60-35(46(72)61-20-7-12-36(61)45(71)57-30(11-6-19-53-47(51)52)40(66)54-25-38(50)64)26-74-73-21-17-39(65)55-32(23-28-13-15-29(62)16-14-28)42(68)58-33(43(69)56-31)22-27-8-2-1-3-9-27/h1-3,8-9,13-16,30-36,62H,4-7,10-12,17-26,48H2,(H2,49,63)(H2,50,64)(H,54,66)(H,55,65)(H,56,69)(H,57,71)(H,58,68)(H,59,67)(H,60,70)(H4,51,52,53)/t30-,31-,32-,33-,34-,35-,36-/m0/s1. The van der Waals surface area contributed by atoms with Gasteiger partial charge in [-0.25, -0.2) is 0 Å². The molecule has 2 aliphatic rings. The van der Waals surface area contributed by atoms with Gasteiger partial charge in [-0.2, -0.15) is 0 Å². The average Bonchev–Trinajstić information content (AvgIpc) is 3.86. The molecule has 10 amide bonds. The Labute approximate surface area is 436 Å². The average molecular weight is 1070 g/mol. The van der Waals surface area contributed by atoms with Crippen molar-refractivity contribution < 1.29 is 53.1 Å². The molecule has 4 rings (SSSR count). The smallest absolute Gasteiger partial charge is 0.246 e. The molecular formula is C47H68N14O11S2. The summed E-state index contributed by atoms with van der Waals surface area (Å²) >= 11 is 0. The van der Waals surface area contributed by atoms with Crippen LogP contribution in [0.1, 0.15) is 68.9 Å². The Balaban J connectivity index is 1.68. The molecule has 2 aromatic rings. The van der Waals surface area contributed by atoms with Gasteiger partial charge in [0.1, 0.15) is 48.0 Å². The summed E-state index contributed by atoms with van der Waals surface area (Å²) in [6, 6.07) is 5.46. The van der Waals surface area contributed by atoms with Gasteiger partial charge < -0.3 is 75.9 Å². The maximum atomic E-state index is 14.6. The van der Waals surface area contributed by atoms with Gasteiger partial charge in [-0.05, 0) is 74.8 Å². The largest absolute Gasteiger partial charge is 0.508 e. The molecule has 2 fully saturated rings. The van der Waals surface area contributed by atoms with Crippen molar-refractivity contribution >= 4 is 86.6 Å². The van der Waals surface area contributed by atoms with Crippen molar-refractivity contribution in [3.63, 3.8) is 0 Å². The van der Waals surface area contributed by atoms with Gasteiger partial charge in [-0.3, -0.25) is 52.9 Å². The van der Waals surface area contributed by atoms with Gasteiger partial charge in [0, 0.05) is 43.9 Å². The highest BCUT2D eigenvalue weighted by Crippen LogP contribution is 2.26. The minimum atomic E-state index is -1.67. The number of nitrogens with zero attached hydrogens (tertiary/aromatic N) is 2. The molecule has 404 valence electrons. The minimum Gasteiger partial charge on any atom is -0.508 e. The zero-order valence-electron chi connectivity index (χ0n) is 40.9. The van der Waals surface area contributed by atoms with E-state index in [0.717, 1.165) is 21.6 Å². The van der Waals surface area contributed by atoms with Gasteiger partial charge in [0.2, 0.25) is 59.1 Å². The van der Waals surface area contributed by atoms with Crippen LogP contribution in [0.5, 0.6) is 5.75 Å². The van der Waals surface area contributed by atoms with Crippen molar-refractivity contribution in [1.82, 2.24) is 42.1 Å². The Morgan fingerprint density at radius 2 is 1.36 bits per heavy atom. The normalized spacial score (nSPS) is 21.8. The fourth-order valence-corrected chi connectivity index (χ4v) is 10.1. The van der Waals surface area contributed by atoms with Crippen LogP contribution in [0.3, 0.4) is 0 Å². The van der Waals surface area contributed by atoms with E-state index in [0.29, 0.717) is 30.4 Å². The van der Waals surface area contributed by atoms with Crippen molar-refractivity contribution in [3.05, 3.63) is 65.7 Å². The van der Waals surface area contributed by atoms with E-state index in [9.17, 15) is 53.1 Å². The topological polar surface area (TPSA) is 421 Å². The van der Waals surface area contributed by atoms with E-state index in [1.54, 1.807) is 42.5 Å². The quantitative estimate of drug-likeness (QED) is 0.0265. The number of rotatable bonds is 20. The molecule has 25 nitrogen and oxygen atoms in total. The predicted octanol–water partition coefficient (Wildman–Crippen LogP) is -3.48. The number of aliphatic imine (C=N–C) groups is 1. The SMILES string of the molecule is NCCCC[C@@H]1NC(=O)[C@H](Cc2ccccc2)NC(=O)[C@H](Cc2ccc(O)cc2)NC(=O)CCSSC[C@@H](C(=O)N2CCC[C@H]2C(=O)N[C@@H](CCCN=C(N)N)C(=O)NCC(N)=O)NC(=O)[C@H](CC(N)=O)NC1=O. The van der Waals surface area contributed by atoms with E-state index < -0.39 is 114 Å². The van der Waals surface area contributed by atoms with Crippen molar-refractivity contribution in [2.24, 2.45) is 33.7 Å². The fraction of sp³-hybridized carbons (Fsp3) is 0.511. The number of hydrogen-bond acceptors (Lipinski definition) is 15. The number of nitrogens with one attached hydrogen (secondary N) is 7. The molecule has 27 heteroatoms. The van der Waals surface area contributed by atoms with Crippen molar-refractivity contribution in [3.8, 4) is 5.75 Å². The van der Waals surface area contributed by atoms with Gasteiger partial charge in [0.15, 0.2) is 5.96 Å².